The Labute approximate surface area is 271 Å². The Morgan fingerprint density at radius 1 is 0.590 bits per heavy atom. The normalized spacial score (nSPS) is 16.6. The molecule has 0 aromatic heterocycles. The van der Waals surface area contributed by atoms with Crippen molar-refractivity contribution in [3.63, 3.8) is 0 Å². The number of hydrogen-bond acceptors (Lipinski definition) is 6. The van der Waals surface area contributed by atoms with Crippen LogP contribution in [0.5, 0.6) is 11.5 Å². The number of benzene rings is 2. The molecular formula is C28H22Br4CoN2O4. The molecule has 1 radical (unpaired) electrons. The number of ketones is 2. The van der Waals surface area contributed by atoms with Crippen molar-refractivity contribution in [2.45, 2.75) is 0 Å². The largest absolute Gasteiger partial charge is 0.497 e. The fourth-order valence-corrected chi connectivity index (χ4v) is 5.59. The molecule has 0 spiro atoms. The zero-order chi connectivity index (χ0) is 27.7. The van der Waals surface area contributed by atoms with Crippen LogP contribution in [0.2, 0.25) is 0 Å². The van der Waals surface area contributed by atoms with Gasteiger partial charge in [0.25, 0.3) is 0 Å². The van der Waals surface area contributed by atoms with Gasteiger partial charge in [0, 0.05) is 60.7 Å². The number of carbonyl (C=O) groups is 2. The van der Waals surface area contributed by atoms with Crippen LogP contribution in [0.4, 0.5) is 11.4 Å². The van der Waals surface area contributed by atoms with Crippen LogP contribution in [0.3, 0.4) is 0 Å². The first kappa shape index (κ1) is 33.1. The third kappa shape index (κ3) is 10.1. The van der Waals surface area contributed by atoms with Crippen molar-refractivity contribution >= 4 is 86.7 Å². The molecule has 0 bridgehead atoms. The maximum atomic E-state index is 11.9. The van der Waals surface area contributed by atoms with Gasteiger partial charge in [-0.1, -0.05) is 31.9 Å². The molecule has 0 aliphatic heterocycles. The van der Waals surface area contributed by atoms with Gasteiger partial charge in [-0.25, -0.2) is 0 Å². The van der Waals surface area contributed by atoms with Gasteiger partial charge in [-0.15, -0.1) is 0 Å². The van der Waals surface area contributed by atoms with Crippen molar-refractivity contribution in [2.75, 3.05) is 24.9 Å². The molecule has 0 amide bonds. The van der Waals surface area contributed by atoms with Gasteiger partial charge < -0.3 is 20.1 Å². The Kier molecular flexibility index (Phi) is 13.7. The number of allylic oxidation sites excluding steroid dienone is 10. The van der Waals surface area contributed by atoms with Gasteiger partial charge in [-0.05, 0) is 105 Å². The zero-order valence-corrected chi connectivity index (χ0v) is 27.9. The molecule has 0 atom stereocenters. The van der Waals surface area contributed by atoms with E-state index in [0.717, 1.165) is 31.8 Å². The van der Waals surface area contributed by atoms with E-state index in [1.54, 1.807) is 50.9 Å². The first-order chi connectivity index (χ1) is 18.2. The first-order valence-corrected chi connectivity index (χ1v) is 14.2. The number of halogens is 4. The second kappa shape index (κ2) is 16.2. The van der Waals surface area contributed by atoms with Gasteiger partial charge in [0.1, 0.15) is 11.5 Å². The summed E-state index contributed by atoms with van der Waals surface area (Å²) in [5, 5.41) is 6.17. The minimum Gasteiger partial charge on any atom is -0.497 e. The molecule has 2 N–H and O–H groups in total. The molecule has 6 nitrogen and oxygen atoms in total. The molecule has 0 saturated heterocycles. The van der Waals surface area contributed by atoms with Crippen LogP contribution in [0, 0.1) is 0 Å². The number of nitrogens with one attached hydrogen (secondary N) is 2. The van der Waals surface area contributed by atoms with Gasteiger partial charge >= 0.3 is 0 Å². The van der Waals surface area contributed by atoms with Gasteiger partial charge in [-0.3, -0.25) is 9.59 Å². The second-order valence-corrected chi connectivity index (χ2v) is 11.2. The van der Waals surface area contributed by atoms with Crippen molar-refractivity contribution in [1.29, 1.82) is 0 Å². The Morgan fingerprint density at radius 2 is 0.923 bits per heavy atom. The van der Waals surface area contributed by atoms with Crippen molar-refractivity contribution in [1.82, 2.24) is 0 Å². The molecule has 205 valence electrons. The Morgan fingerprint density at radius 3 is 1.23 bits per heavy atom. The summed E-state index contributed by atoms with van der Waals surface area (Å²) >= 11 is 13.2. The average molecular weight is 829 g/mol. The molecule has 0 saturated carbocycles. The quantitative estimate of drug-likeness (QED) is 0.286. The molecule has 4 rings (SSSR count). The standard InChI is InChI=1S/2C14H11Br2NO2.Co/c2*1-19-12-4-2-11(3-5-12)17-8-9-6-10(15)7-13(16)14(9)18;/h2*2-8,17H,1H3;/b2*9-8-;. The van der Waals surface area contributed by atoms with E-state index >= 15 is 0 Å². The van der Waals surface area contributed by atoms with E-state index in [2.05, 4.69) is 74.4 Å². The fourth-order valence-electron chi connectivity index (χ4n) is 3.07. The van der Waals surface area contributed by atoms with Crippen LogP contribution < -0.4 is 20.1 Å². The molecular weight excluding hydrogens is 807 g/mol. The third-order valence-corrected chi connectivity index (χ3v) is 7.14. The predicted octanol–water partition coefficient (Wildman–Crippen LogP) is 8.26. The topological polar surface area (TPSA) is 76.7 Å². The molecule has 2 aliphatic carbocycles. The summed E-state index contributed by atoms with van der Waals surface area (Å²) in [6.07, 6.45) is 10.4. The van der Waals surface area contributed by atoms with E-state index in [0.29, 0.717) is 20.1 Å². The fraction of sp³-hybridized carbons (Fsp3) is 0.0714. The number of carbonyl (C=O) groups excluding carboxylic acids is 2. The van der Waals surface area contributed by atoms with Crippen LogP contribution in [0.1, 0.15) is 0 Å². The van der Waals surface area contributed by atoms with Crippen molar-refractivity contribution in [3.05, 3.63) is 114 Å². The van der Waals surface area contributed by atoms with Crippen LogP contribution >= 0.6 is 63.7 Å². The maximum Gasteiger partial charge on any atom is 0.201 e. The Hall–Kier alpha value is -2.15. The van der Waals surface area contributed by atoms with Crippen molar-refractivity contribution in [2.24, 2.45) is 0 Å². The molecule has 11 heteroatoms. The molecule has 39 heavy (non-hydrogen) atoms. The van der Waals surface area contributed by atoms with E-state index in [9.17, 15) is 9.59 Å². The molecule has 0 unspecified atom stereocenters. The van der Waals surface area contributed by atoms with Crippen LogP contribution in [0.15, 0.2) is 114 Å². The van der Waals surface area contributed by atoms with E-state index in [1.807, 2.05) is 48.5 Å². The molecule has 0 fully saturated rings. The summed E-state index contributed by atoms with van der Waals surface area (Å²) in [6, 6.07) is 14.9. The van der Waals surface area contributed by atoms with Crippen LogP contribution in [-0.2, 0) is 26.4 Å². The van der Waals surface area contributed by atoms with Crippen LogP contribution in [0.25, 0.3) is 0 Å². The Bertz CT molecular complexity index is 1290. The average Bonchev–Trinajstić information content (AvgIpc) is 2.92. The summed E-state index contributed by atoms with van der Waals surface area (Å²) in [7, 11) is 3.24. The number of methoxy groups -OCH3 is 2. The molecule has 2 aromatic rings. The van der Waals surface area contributed by atoms with E-state index in [4.69, 9.17) is 9.47 Å². The first-order valence-electron chi connectivity index (χ1n) is 11.0. The minimum absolute atomic E-state index is 0. The van der Waals surface area contributed by atoms with E-state index < -0.39 is 0 Å². The number of rotatable bonds is 6. The smallest absolute Gasteiger partial charge is 0.201 e. The number of anilines is 2. The second-order valence-electron chi connectivity index (χ2n) is 7.65. The minimum atomic E-state index is -0.0517. The molecule has 0 heterocycles. The zero-order valence-electron chi connectivity index (χ0n) is 20.6. The number of ether oxygens (including phenoxy) is 2. The van der Waals surface area contributed by atoms with E-state index in [-0.39, 0.29) is 28.3 Å². The summed E-state index contributed by atoms with van der Waals surface area (Å²) in [5.74, 6) is 1.48. The maximum absolute atomic E-state index is 11.9. The SMILES string of the molecule is COc1ccc(N/C=C2/C=C(Br)C=C(Br)C2=O)cc1.COc1ccc(N/C=C2/C=C(Br)C=C(Br)C2=O)cc1.[Co]. The summed E-state index contributed by atoms with van der Waals surface area (Å²) < 4.78 is 12.9. The molecule has 2 aliphatic rings. The van der Waals surface area contributed by atoms with Crippen LogP contribution in [-0.4, -0.2) is 25.8 Å². The summed E-state index contributed by atoms with van der Waals surface area (Å²) in [6.45, 7) is 0. The predicted molar refractivity (Wildman–Crippen MR) is 167 cm³/mol. The Balaban J connectivity index is 0.000000267. The molecule has 2 aromatic carbocycles. The monoisotopic (exact) mass is 825 g/mol. The third-order valence-electron chi connectivity index (χ3n) is 5.04. The summed E-state index contributed by atoms with van der Waals surface area (Å²) in [4.78, 5) is 23.8. The van der Waals surface area contributed by atoms with E-state index in [1.165, 1.54) is 0 Å². The van der Waals surface area contributed by atoms with Gasteiger partial charge in [0.15, 0.2) is 0 Å². The number of Topliss-reactive ketones (excluding diaryl/α,β-unsaturated/α-hetero) is 2. The summed E-state index contributed by atoms with van der Waals surface area (Å²) in [5.41, 5.74) is 2.93. The number of hydrogen-bond donors (Lipinski definition) is 2. The van der Waals surface area contributed by atoms with Crippen molar-refractivity contribution < 1.29 is 35.8 Å². The van der Waals surface area contributed by atoms with Crippen molar-refractivity contribution in [3.8, 4) is 11.5 Å². The van der Waals surface area contributed by atoms with Gasteiger partial charge in [0.2, 0.25) is 11.6 Å². The van der Waals surface area contributed by atoms with Gasteiger partial charge in [0.05, 0.1) is 23.2 Å². The van der Waals surface area contributed by atoms with Gasteiger partial charge in [-0.2, -0.15) is 0 Å².